The topological polar surface area (TPSA) is 42.4 Å². The minimum absolute atomic E-state index is 0.388. The fourth-order valence-electron chi connectivity index (χ4n) is 2.19. The average molecular weight is 221 g/mol. The summed E-state index contributed by atoms with van der Waals surface area (Å²) in [5.74, 6) is 0.779. The number of pyridine rings is 1. The number of rotatable bonds is 3. The second-order valence-electron chi connectivity index (χ2n) is 4.66. The lowest BCUT2D eigenvalue weighted by Gasteiger charge is -2.31. The van der Waals surface area contributed by atoms with E-state index in [-0.39, 0.29) is 0 Å². The van der Waals surface area contributed by atoms with E-state index in [1.165, 1.54) is 6.42 Å². The summed E-state index contributed by atoms with van der Waals surface area (Å²) >= 11 is 0. The van der Waals surface area contributed by atoms with Gasteiger partial charge in [0.2, 0.25) is 0 Å². The van der Waals surface area contributed by atoms with Gasteiger partial charge >= 0.3 is 0 Å². The van der Waals surface area contributed by atoms with Gasteiger partial charge in [-0.05, 0) is 31.9 Å². The van der Waals surface area contributed by atoms with Crippen molar-refractivity contribution in [3.63, 3.8) is 0 Å². The molecule has 1 saturated carbocycles. The maximum Gasteiger partial charge on any atom is 0.140 e. The molecular formula is C13H19NO2. The van der Waals surface area contributed by atoms with Crippen molar-refractivity contribution in [2.45, 2.75) is 44.6 Å². The molecule has 1 aliphatic carbocycles. The van der Waals surface area contributed by atoms with Crippen molar-refractivity contribution in [1.82, 2.24) is 4.98 Å². The quantitative estimate of drug-likeness (QED) is 0.852. The lowest BCUT2D eigenvalue weighted by molar-refractivity contribution is -0.0341. The Morgan fingerprint density at radius 3 is 2.81 bits per heavy atom. The summed E-state index contributed by atoms with van der Waals surface area (Å²) in [6.07, 6.45) is 6.89. The van der Waals surface area contributed by atoms with E-state index in [1.807, 2.05) is 19.1 Å². The van der Waals surface area contributed by atoms with Gasteiger partial charge in [0.15, 0.2) is 0 Å². The summed E-state index contributed by atoms with van der Waals surface area (Å²) in [5.41, 5.74) is 0.252. The third kappa shape index (κ3) is 2.73. The van der Waals surface area contributed by atoms with Gasteiger partial charge in [-0.3, -0.25) is 4.98 Å². The first-order valence-corrected chi connectivity index (χ1v) is 5.96. The van der Waals surface area contributed by atoms with Crippen molar-refractivity contribution in [3.8, 4) is 5.75 Å². The highest BCUT2D eigenvalue weighted by atomic mass is 16.5. The van der Waals surface area contributed by atoms with Gasteiger partial charge in [0.25, 0.3) is 0 Å². The van der Waals surface area contributed by atoms with Gasteiger partial charge in [0.05, 0.1) is 11.3 Å². The van der Waals surface area contributed by atoms with Crippen molar-refractivity contribution in [2.75, 3.05) is 6.61 Å². The van der Waals surface area contributed by atoms with E-state index in [0.29, 0.717) is 6.61 Å². The molecule has 1 aromatic heterocycles. The van der Waals surface area contributed by atoms with E-state index in [0.717, 1.165) is 37.1 Å². The Bertz CT molecular complexity index is 346. The van der Waals surface area contributed by atoms with Crippen LogP contribution in [0.5, 0.6) is 5.75 Å². The van der Waals surface area contributed by atoms with Crippen molar-refractivity contribution in [1.29, 1.82) is 0 Å². The first-order valence-electron chi connectivity index (χ1n) is 5.96. The fraction of sp³-hybridized carbons (Fsp3) is 0.615. The maximum atomic E-state index is 10.3. The zero-order valence-corrected chi connectivity index (χ0v) is 9.78. The van der Waals surface area contributed by atoms with Crippen LogP contribution in [0.25, 0.3) is 0 Å². The van der Waals surface area contributed by atoms with Crippen molar-refractivity contribution >= 4 is 0 Å². The molecule has 88 valence electrons. The number of aryl methyl sites for hydroxylation is 1. The molecule has 0 saturated heterocycles. The van der Waals surface area contributed by atoms with E-state index >= 15 is 0 Å². The van der Waals surface area contributed by atoms with Crippen LogP contribution in [0.4, 0.5) is 0 Å². The van der Waals surface area contributed by atoms with Gasteiger partial charge in [-0.15, -0.1) is 0 Å². The highest BCUT2D eigenvalue weighted by molar-refractivity contribution is 5.25. The molecule has 0 unspecified atom stereocenters. The summed E-state index contributed by atoms with van der Waals surface area (Å²) in [5, 5.41) is 10.3. The summed E-state index contributed by atoms with van der Waals surface area (Å²) in [6.45, 7) is 2.31. The molecule has 2 rings (SSSR count). The monoisotopic (exact) mass is 221 g/mol. The van der Waals surface area contributed by atoms with E-state index in [4.69, 9.17) is 4.74 Å². The van der Waals surface area contributed by atoms with E-state index in [9.17, 15) is 5.11 Å². The fourth-order valence-corrected chi connectivity index (χ4v) is 2.19. The zero-order valence-electron chi connectivity index (χ0n) is 9.78. The molecule has 0 aliphatic heterocycles. The second kappa shape index (κ2) is 4.83. The highest BCUT2D eigenvalue weighted by Crippen LogP contribution is 2.29. The van der Waals surface area contributed by atoms with E-state index in [1.54, 1.807) is 6.20 Å². The molecule has 16 heavy (non-hydrogen) atoms. The Hall–Kier alpha value is -1.09. The van der Waals surface area contributed by atoms with Crippen LogP contribution >= 0.6 is 0 Å². The predicted octanol–water partition coefficient (Wildman–Crippen LogP) is 2.46. The van der Waals surface area contributed by atoms with Crippen molar-refractivity contribution in [2.24, 2.45) is 0 Å². The molecule has 3 nitrogen and oxygen atoms in total. The molecule has 1 heterocycles. The molecule has 0 radical (unpaired) electrons. The molecule has 0 bridgehead atoms. The summed E-state index contributed by atoms with van der Waals surface area (Å²) in [4.78, 5) is 4.16. The van der Waals surface area contributed by atoms with Crippen molar-refractivity contribution in [3.05, 3.63) is 24.0 Å². The number of ether oxygens (including phenoxy) is 1. The normalized spacial score (nSPS) is 19.4. The third-order valence-electron chi connectivity index (χ3n) is 3.24. The Balaban J connectivity index is 1.94. The number of hydrogen-bond acceptors (Lipinski definition) is 3. The van der Waals surface area contributed by atoms with Gasteiger partial charge in [0, 0.05) is 6.20 Å². The lowest BCUT2D eigenvalue weighted by Crippen LogP contribution is -2.38. The molecule has 1 aliphatic rings. The second-order valence-corrected chi connectivity index (χ2v) is 4.66. The summed E-state index contributed by atoms with van der Waals surface area (Å²) in [7, 11) is 0. The van der Waals surface area contributed by atoms with Gasteiger partial charge in [0.1, 0.15) is 12.4 Å². The highest BCUT2D eigenvalue weighted by Gasteiger charge is 2.30. The summed E-state index contributed by atoms with van der Waals surface area (Å²) < 4.78 is 5.67. The zero-order chi connectivity index (χ0) is 11.4. The molecule has 0 spiro atoms. The third-order valence-corrected chi connectivity index (χ3v) is 3.24. The lowest BCUT2D eigenvalue weighted by atomic mass is 9.85. The van der Waals surface area contributed by atoms with Crippen LogP contribution < -0.4 is 4.74 Å². The first-order chi connectivity index (χ1) is 7.70. The Kier molecular flexibility index (Phi) is 3.44. The van der Waals surface area contributed by atoms with Gasteiger partial charge in [-0.2, -0.15) is 0 Å². The molecular weight excluding hydrogens is 202 g/mol. The van der Waals surface area contributed by atoms with Crippen LogP contribution in [0.1, 0.15) is 37.8 Å². The predicted molar refractivity (Wildman–Crippen MR) is 62.5 cm³/mol. The Morgan fingerprint density at radius 1 is 1.38 bits per heavy atom. The SMILES string of the molecule is Cc1ncccc1OCC1(O)CCCCC1. The smallest absolute Gasteiger partial charge is 0.140 e. The maximum absolute atomic E-state index is 10.3. The summed E-state index contributed by atoms with van der Waals surface area (Å²) in [6, 6.07) is 3.75. The van der Waals surface area contributed by atoms with Gasteiger partial charge in [-0.1, -0.05) is 19.3 Å². The van der Waals surface area contributed by atoms with E-state index in [2.05, 4.69) is 4.98 Å². The molecule has 1 N–H and O–H groups in total. The van der Waals surface area contributed by atoms with Crippen LogP contribution in [0, 0.1) is 6.92 Å². The van der Waals surface area contributed by atoms with Crippen LogP contribution in [0.15, 0.2) is 18.3 Å². The molecule has 0 atom stereocenters. The molecule has 1 aromatic rings. The minimum Gasteiger partial charge on any atom is -0.489 e. The minimum atomic E-state index is -0.624. The number of nitrogens with zero attached hydrogens (tertiary/aromatic N) is 1. The number of aromatic nitrogens is 1. The number of hydrogen-bond donors (Lipinski definition) is 1. The van der Waals surface area contributed by atoms with Crippen molar-refractivity contribution < 1.29 is 9.84 Å². The van der Waals surface area contributed by atoms with Gasteiger partial charge in [-0.25, -0.2) is 0 Å². The van der Waals surface area contributed by atoms with Crippen LogP contribution in [-0.4, -0.2) is 22.3 Å². The van der Waals surface area contributed by atoms with Crippen LogP contribution in [-0.2, 0) is 0 Å². The Labute approximate surface area is 96.5 Å². The van der Waals surface area contributed by atoms with Crippen LogP contribution in [0.2, 0.25) is 0 Å². The molecule has 1 fully saturated rings. The first kappa shape index (κ1) is 11.4. The van der Waals surface area contributed by atoms with E-state index < -0.39 is 5.60 Å². The van der Waals surface area contributed by atoms with Gasteiger partial charge < -0.3 is 9.84 Å². The number of aliphatic hydroxyl groups is 1. The molecule has 0 aromatic carbocycles. The Morgan fingerprint density at radius 2 is 2.12 bits per heavy atom. The average Bonchev–Trinajstić information content (AvgIpc) is 2.29. The molecule has 3 heteroatoms. The standard InChI is InChI=1S/C13H19NO2/c1-11-12(6-5-9-14-11)16-10-13(15)7-3-2-4-8-13/h5-6,9,15H,2-4,7-8,10H2,1H3. The molecule has 0 amide bonds. The largest absolute Gasteiger partial charge is 0.489 e. The van der Waals surface area contributed by atoms with Crippen LogP contribution in [0.3, 0.4) is 0 Å².